The average Bonchev–Trinajstić information content (AvgIpc) is 2.53. The van der Waals surface area contributed by atoms with Crippen LogP contribution in [0.15, 0.2) is 23.1 Å². The number of methoxy groups -OCH3 is 1. The molecular weight excluding hydrogens is 328 g/mol. The van der Waals surface area contributed by atoms with E-state index in [-0.39, 0.29) is 5.91 Å². The van der Waals surface area contributed by atoms with Crippen molar-refractivity contribution in [3.8, 4) is 5.75 Å². The Morgan fingerprint density at radius 3 is 2.17 bits per heavy atom. The first-order valence-electron chi connectivity index (χ1n) is 8.01. The average molecular weight is 354 g/mol. The molecule has 0 spiro atoms. The molecule has 0 aliphatic carbocycles. The SMILES string of the molecule is COc1ccc(S(=O)(=O)N2CCN(C(=O)C(C)(C)C)CC2)c(C)c1. The Kier molecular flexibility index (Phi) is 5.25. The van der Waals surface area contributed by atoms with E-state index in [2.05, 4.69) is 0 Å². The van der Waals surface area contributed by atoms with Crippen LogP contribution in [-0.2, 0) is 14.8 Å². The van der Waals surface area contributed by atoms with E-state index in [9.17, 15) is 13.2 Å². The van der Waals surface area contributed by atoms with Crippen molar-refractivity contribution in [3.63, 3.8) is 0 Å². The van der Waals surface area contributed by atoms with E-state index in [1.807, 2.05) is 20.8 Å². The van der Waals surface area contributed by atoms with Gasteiger partial charge >= 0.3 is 0 Å². The zero-order chi connectivity index (χ0) is 18.1. The molecule has 134 valence electrons. The van der Waals surface area contributed by atoms with Gasteiger partial charge in [0.1, 0.15) is 5.75 Å². The fourth-order valence-electron chi connectivity index (χ4n) is 2.78. The summed E-state index contributed by atoms with van der Waals surface area (Å²) >= 11 is 0. The van der Waals surface area contributed by atoms with E-state index in [0.29, 0.717) is 42.4 Å². The van der Waals surface area contributed by atoms with E-state index in [1.54, 1.807) is 37.1 Å². The molecule has 1 saturated heterocycles. The molecule has 0 N–H and O–H groups in total. The van der Waals surface area contributed by atoms with Gasteiger partial charge in [0.05, 0.1) is 12.0 Å². The molecule has 0 saturated carbocycles. The number of piperazine rings is 1. The second-order valence-corrected chi connectivity index (χ2v) is 8.98. The van der Waals surface area contributed by atoms with Crippen LogP contribution in [0.25, 0.3) is 0 Å². The summed E-state index contributed by atoms with van der Waals surface area (Å²) in [5.74, 6) is 0.687. The Bertz CT molecular complexity index is 715. The summed E-state index contributed by atoms with van der Waals surface area (Å²) < 4.78 is 32.3. The van der Waals surface area contributed by atoms with Crippen LogP contribution in [0.3, 0.4) is 0 Å². The van der Waals surface area contributed by atoms with Crippen molar-refractivity contribution in [1.29, 1.82) is 0 Å². The molecule has 1 heterocycles. The number of hydrogen-bond donors (Lipinski definition) is 0. The van der Waals surface area contributed by atoms with E-state index in [1.165, 1.54) is 4.31 Å². The molecule has 0 unspecified atom stereocenters. The maximum absolute atomic E-state index is 12.9. The zero-order valence-electron chi connectivity index (χ0n) is 15.0. The number of hydrogen-bond acceptors (Lipinski definition) is 4. The third-order valence-corrected chi connectivity index (χ3v) is 6.23. The van der Waals surface area contributed by atoms with Crippen molar-refractivity contribution in [1.82, 2.24) is 9.21 Å². The van der Waals surface area contributed by atoms with Crippen molar-refractivity contribution in [2.45, 2.75) is 32.6 Å². The van der Waals surface area contributed by atoms with Crippen molar-refractivity contribution in [2.75, 3.05) is 33.3 Å². The van der Waals surface area contributed by atoms with Crippen molar-refractivity contribution in [3.05, 3.63) is 23.8 Å². The molecule has 0 atom stereocenters. The van der Waals surface area contributed by atoms with E-state index >= 15 is 0 Å². The van der Waals surface area contributed by atoms with Crippen LogP contribution in [0.2, 0.25) is 0 Å². The van der Waals surface area contributed by atoms with Gasteiger partial charge in [-0.1, -0.05) is 20.8 Å². The van der Waals surface area contributed by atoms with E-state index < -0.39 is 15.4 Å². The molecule has 1 aromatic carbocycles. The number of carbonyl (C=O) groups is 1. The number of benzene rings is 1. The van der Waals surface area contributed by atoms with Gasteiger partial charge in [0.2, 0.25) is 15.9 Å². The molecule has 1 aliphatic heterocycles. The Labute approximate surface area is 144 Å². The number of carbonyl (C=O) groups excluding carboxylic acids is 1. The Hall–Kier alpha value is -1.60. The minimum atomic E-state index is -3.56. The van der Waals surface area contributed by atoms with Gasteiger partial charge in [-0.3, -0.25) is 4.79 Å². The highest BCUT2D eigenvalue weighted by Gasteiger charge is 2.34. The summed E-state index contributed by atoms with van der Waals surface area (Å²) in [6, 6.07) is 4.95. The van der Waals surface area contributed by atoms with Crippen LogP contribution < -0.4 is 4.74 Å². The molecule has 1 amide bonds. The highest BCUT2D eigenvalue weighted by Crippen LogP contribution is 2.26. The van der Waals surface area contributed by atoms with Crippen molar-refractivity contribution in [2.24, 2.45) is 5.41 Å². The van der Waals surface area contributed by atoms with E-state index in [0.717, 1.165) is 0 Å². The van der Waals surface area contributed by atoms with Crippen LogP contribution in [-0.4, -0.2) is 56.8 Å². The topological polar surface area (TPSA) is 66.9 Å². The summed E-state index contributed by atoms with van der Waals surface area (Å²) in [7, 11) is -2.01. The Morgan fingerprint density at radius 2 is 1.71 bits per heavy atom. The maximum atomic E-state index is 12.9. The van der Waals surface area contributed by atoms with Gasteiger partial charge in [-0.15, -0.1) is 0 Å². The first-order valence-corrected chi connectivity index (χ1v) is 9.45. The number of nitrogens with zero attached hydrogens (tertiary/aromatic N) is 2. The molecular formula is C17H26N2O4S. The molecule has 0 radical (unpaired) electrons. The molecule has 1 aromatic rings. The number of rotatable bonds is 3. The first kappa shape index (κ1) is 18.7. The largest absolute Gasteiger partial charge is 0.497 e. The van der Waals surface area contributed by atoms with Gasteiger partial charge in [0, 0.05) is 31.6 Å². The van der Waals surface area contributed by atoms with Gasteiger partial charge in [-0.2, -0.15) is 4.31 Å². The lowest BCUT2D eigenvalue weighted by Crippen LogP contribution is -2.53. The van der Waals surface area contributed by atoms with Gasteiger partial charge < -0.3 is 9.64 Å². The van der Waals surface area contributed by atoms with E-state index in [4.69, 9.17) is 4.74 Å². The summed E-state index contributed by atoms with van der Waals surface area (Å²) in [4.78, 5) is 14.3. The first-order chi connectivity index (χ1) is 11.1. The predicted molar refractivity (Wildman–Crippen MR) is 92.5 cm³/mol. The lowest BCUT2D eigenvalue weighted by atomic mass is 9.94. The number of ether oxygens (including phenoxy) is 1. The Balaban J connectivity index is 2.15. The molecule has 0 aromatic heterocycles. The Morgan fingerprint density at radius 1 is 1.12 bits per heavy atom. The highest BCUT2D eigenvalue weighted by atomic mass is 32.2. The minimum absolute atomic E-state index is 0.0557. The summed E-state index contributed by atoms with van der Waals surface area (Å²) in [6.07, 6.45) is 0. The van der Waals surface area contributed by atoms with Crippen molar-refractivity contribution < 1.29 is 17.9 Å². The van der Waals surface area contributed by atoms with Gasteiger partial charge in [-0.25, -0.2) is 8.42 Å². The lowest BCUT2D eigenvalue weighted by Gasteiger charge is -2.37. The fraction of sp³-hybridized carbons (Fsp3) is 0.588. The third-order valence-electron chi connectivity index (χ3n) is 4.17. The lowest BCUT2D eigenvalue weighted by molar-refractivity contribution is -0.140. The van der Waals surface area contributed by atoms with Crippen LogP contribution in [0.5, 0.6) is 5.75 Å². The number of sulfonamides is 1. The molecule has 6 nitrogen and oxygen atoms in total. The predicted octanol–water partition coefficient (Wildman–Crippen LogP) is 1.88. The second-order valence-electron chi connectivity index (χ2n) is 7.08. The summed E-state index contributed by atoms with van der Waals surface area (Å²) in [6.45, 7) is 8.85. The molecule has 1 fully saturated rings. The minimum Gasteiger partial charge on any atom is -0.497 e. The molecule has 1 aliphatic rings. The summed E-state index contributed by atoms with van der Waals surface area (Å²) in [5.41, 5.74) is 0.204. The van der Waals surface area contributed by atoms with Gasteiger partial charge in [0.25, 0.3) is 0 Å². The summed E-state index contributed by atoms with van der Waals surface area (Å²) in [5, 5.41) is 0. The standard InChI is InChI=1S/C17H26N2O4S/c1-13-12-14(23-5)6-7-15(13)24(21,22)19-10-8-18(9-11-19)16(20)17(2,3)4/h6-7,12H,8-11H2,1-5H3. The molecule has 24 heavy (non-hydrogen) atoms. The molecule has 2 rings (SSSR count). The van der Waals surface area contributed by atoms with Gasteiger partial charge in [-0.05, 0) is 30.7 Å². The third kappa shape index (κ3) is 3.72. The maximum Gasteiger partial charge on any atom is 0.243 e. The highest BCUT2D eigenvalue weighted by molar-refractivity contribution is 7.89. The second kappa shape index (κ2) is 6.72. The van der Waals surface area contributed by atoms with Crippen LogP contribution in [0.4, 0.5) is 0 Å². The number of amides is 1. The van der Waals surface area contributed by atoms with Crippen LogP contribution in [0, 0.1) is 12.3 Å². The monoisotopic (exact) mass is 354 g/mol. The van der Waals surface area contributed by atoms with Gasteiger partial charge in [0.15, 0.2) is 0 Å². The zero-order valence-corrected chi connectivity index (χ0v) is 15.8. The number of aryl methyl sites for hydroxylation is 1. The molecule has 0 bridgehead atoms. The fourth-order valence-corrected chi connectivity index (χ4v) is 4.41. The van der Waals surface area contributed by atoms with Crippen LogP contribution >= 0.6 is 0 Å². The molecule has 7 heteroatoms. The van der Waals surface area contributed by atoms with Crippen LogP contribution in [0.1, 0.15) is 26.3 Å². The normalized spacial score (nSPS) is 17.0. The van der Waals surface area contributed by atoms with Crippen molar-refractivity contribution >= 4 is 15.9 Å². The smallest absolute Gasteiger partial charge is 0.243 e. The quantitative estimate of drug-likeness (QED) is 0.831.